The second-order valence-corrected chi connectivity index (χ2v) is 18.8. The van der Waals surface area contributed by atoms with E-state index in [-0.39, 0.29) is 31.6 Å². The minimum Gasteiger partial charge on any atom is -0.462 e. The molecule has 69 heavy (non-hydrogen) atoms. The summed E-state index contributed by atoms with van der Waals surface area (Å²) >= 11 is 0. The Balaban J connectivity index is 4.48. The molecule has 0 aliphatic rings. The van der Waals surface area contributed by atoms with Crippen molar-refractivity contribution < 1.29 is 28.6 Å². The van der Waals surface area contributed by atoms with Gasteiger partial charge in [-0.25, -0.2) is 0 Å². The van der Waals surface area contributed by atoms with E-state index in [2.05, 4.69) is 106 Å². The van der Waals surface area contributed by atoms with E-state index in [9.17, 15) is 14.4 Å². The lowest BCUT2D eigenvalue weighted by molar-refractivity contribution is -0.166. The van der Waals surface area contributed by atoms with Gasteiger partial charge in [0.25, 0.3) is 0 Å². The zero-order valence-corrected chi connectivity index (χ0v) is 45.0. The summed E-state index contributed by atoms with van der Waals surface area (Å²) in [5.41, 5.74) is 0. The van der Waals surface area contributed by atoms with Crippen LogP contribution in [0.2, 0.25) is 0 Å². The number of hydrogen-bond donors (Lipinski definition) is 0. The molecule has 0 bridgehead atoms. The molecule has 0 aromatic rings. The zero-order valence-electron chi connectivity index (χ0n) is 45.0. The van der Waals surface area contributed by atoms with E-state index in [0.29, 0.717) is 12.8 Å². The van der Waals surface area contributed by atoms with Gasteiger partial charge in [0.15, 0.2) is 6.10 Å². The van der Waals surface area contributed by atoms with Gasteiger partial charge in [0, 0.05) is 12.8 Å². The first-order valence-corrected chi connectivity index (χ1v) is 28.7. The van der Waals surface area contributed by atoms with E-state index in [1.165, 1.54) is 128 Å². The number of carbonyl (C=O) groups excluding carboxylic acids is 3. The van der Waals surface area contributed by atoms with Gasteiger partial charge in [0.1, 0.15) is 13.2 Å². The average Bonchev–Trinajstić information content (AvgIpc) is 3.35. The van der Waals surface area contributed by atoms with Crippen LogP contribution in [0.1, 0.15) is 265 Å². The largest absolute Gasteiger partial charge is 0.462 e. The van der Waals surface area contributed by atoms with Crippen LogP contribution in [0.5, 0.6) is 0 Å². The summed E-state index contributed by atoms with van der Waals surface area (Å²) in [6.45, 7) is 6.43. The average molecular weight is 960 g/mol. The summed E-state index contributed by atoms with van der Waals surface area (Å²) in [4.78, 5) is 38.1. The van der Waals surface area contributed by atoms with Crippen molar-refractivity contribution in [3.8, 4) is 0 Å². The quantitative estimate of drug-likeness (QED) is 0.0262. The van der Waals surface area contributed by atoms with Gasteiger partial charge in [-0.15, -0.1) is 0 Å². The normalized spacial score (nSPS) is 12.8. The lowest BCUT2D eigenvalue weighted by Crippen LogP contribution is -2.30. The van der Waals surface area contributed by atoms with E-state index in [4.69, 9.17) is 14.2 Å². The Morgan fingerprint density at radius 1 is 0.319 bits per heavy atom. The third kappa shape index (κ3) is 55.1. The molecule has 6 nitrogen and oxygen atoms in total. The highest BCUT2D eigenvalue weighted by atomic mass is 16.6. The molecule has 0 amide bonds. The van der Waals surface area contributed by atoms with Crippen molar-refractivity contribution in [1.29, 1.82) is 0 Å². The Morgan fingerprint density at radius 3 is 0.957 bits per heavy atom. The minimum atomic E-state index is -0.837. The van der Waals surface area contributed by atoms with E-state index in [1.807, 2.05) is 6.08 Å². The van der Waals surface area contributed by atoms with Gasteiger partial charge in [-0.3, -0.25) is 14.4 Å². The first-order chi connectivity index (χ1) is 34.0. The Morgan fingerprint density at radius 2 is 0.609 bits per heavy atom. The number of allylic oxidation sites excluding steroid dienone is 15. The van der Waals surface area contributed by atoms with Crippen molar-refractivity contribution in [1.82, 2.24) is 0 Å². The molecule has 1 atom stereocenters. The summed E-state index contributed by atoms with van der Waals surface area (Å²) in [5, 5.41) is 0. The van der Waals surface area contributed by atoms with Crippen LogP contribution in [-0.2, 0) is 28.6 Å². The van der Waals surface area contributed by atoms with Crippen LogP contribution in [0.3, 0.4) is 0 Å². The molecule has 0 aliphatic heterocycles. The van der Waals surface area contributed by atoms with Crippen molar-refractivity contribution >= 4 is 17.9 Å². The topological polar surface area (TPSA) is 78.9 Å². The van der Waals surface area contributed by atoms with Crippen LogP contribution in [0.15, 0.2) is 97.2 Å². The maximum absolute atomic E-state index is 12.8. The summed E-state index contributed by atoms with van der Waals surface area (Å²) < 4.78 is 16.7. The second kappa shape index (κ2) is 56.9. The Hall–Kier alpha value is -3.67. The van der Waals surface area contributed by atoms with Crippen LogP contribution in [0.25, 0.3) is 0 Å². The first-order valence-electron chi connectivity index (χ1n) is 28.7. The first kappa shape index (κ1) is 65.3. The third-order valence-electron chi connectivity index (χ3n) is 12.1. The summed E-state index contributed by atoms with van der Waals surface area (Å²) in [5.74, 6) is -1.06. The molecule has 0 rings (SSSR count). The Kier molecular flexibility index (Phi) is 53.9. The Labute approximate surface area is 426 Å². The van der Waals surface area contributed by atoms with Gasteiger partial charge >= 0.3 is 17.9 Å². The van der Waals surface area contributed by atoms with E-state index >= 15 is 0 Å². The molecule has 0 saturated carbocycles. The van der Waals surface area contributed by atoms with Gasteiger partial charge in [-0.1, -0.05) is 259 Å². The molecule has 6 heteroatoms. The van der Waals surface area contributed by atoms with Gasteiger partial charge in [-0.05, 0) is 83.5 Å². The van der Waals surface area contributed by atoms with Gasteiger partial charge in [0.2, 0.25) is 0 Å². The summed E-state index contributed by atoms with van der Waals surface area (Å²) in [6, 6.07) is 0. The molecule has 0 N–H and O–H groups in total. The van der Waals surface area contributed by atoms with E-state index in [1.54, 1.807) is 6.08 Å². The number of ether oxygens (including phenoxy) is 3. The van der Waals surface area contributed by atoms with Crippen LogP contribution < -0.4 is 0 Å². The maximum Gasteiger partial charge on any atom is 0.310 e. The van der Waals surface area contributed by atoms with Crippen LogP contribution in [0.4, 0.5) is 0 Å². The van der Waals surface area contributed by atoms with Crippen molar-refractivity contribution in [3.05, 3.63) is 97.2 Å². The fourth-order valence-electron chi connectivity index (χ4n) is 7.82. The molecule has 0 fully saturated rings. The molecule has 394 valence electrons. The fourth-order valence-corrected chi connectivity index (χ4v) is 7.82. The van der Waals surface area contributed by atoms with Gasteiger partial charge in [0.05, 0.1) is 6.42 Å². The predicted octanol–water partition coefficient (Wildman–Crippen LogP) is 19.3. The summed E-state index contributed by atoms with van der Waals surface area (Å²) in [7, 11) is 0. The summed E-state index contributed by atoms with van der Waals surface area (Å²) in [6.07, 6.45) is 75.6. The smallest absolute Gasteiger partial charge is 0.310 e. The Bertz CT molecular complexity index is 1380. The van der Waals surface area contributed by atoms with Crippen LogP contribution in [-0.4, -0.2) is 37.2 Å². The monoisotopic (exact) mass is 959 g/mol. The molecule has 0 saturated heterocycles. The second-order valence-electron chi connectivity index (χ2n) is 18.8. The fraction of sp³-hybridized carbons (Fsp3) is 0.698. The number of hydrogen-bond acceptors (Lipinski definition) is 6. The highest BCUT2D eigenvalue weighted by Crippen LogP contribution is 2.15. The van der Waals surface area contributed by atoms with E-state index < -0.39 is 12.1 Å². The third-order valence-corrected chi connectivity index (χ3v) is 12.1. The molecular formula is C63H106O6. The van der Waals surface area contributed by atoms with Crippen molar-refractivity contribution in [2.75, 3.05) is 13.2 Å². The molecule has 0 heterocycles. The van der Waals surface area contributed by atoms with Crippen molar-refractivity contribution in [2.45, 2.75) is 271 Å². The molecule has 0 spiro atoms. The lowest BCUT2D eigenvalue weighted by atomic mass is 10.0. The maximum atomic E-state index is 12.8. The highest BCUT2D eigenvalue weighted by Gasteiger charge is 2.19. The molecule has 1 unspecified atom stereocenters. The molecule has 0 radical (unpaired) electrons. The lowest BCUT2D eigenvalue weighted by Gasteiger charge is -2.18. The predicted molar refractivity (Wildman–Crippen MR) is 297 cm³/mol. The number of rotatable bonds is 51. The van der Waals surface area contributed by atoms with Gasteiger partial charge < -0.3 is 14.2 Å². The van der Waals surface area contributed by atoms with Crippen molar-refractivity contribution in [3.63, 3.8) is 0 Å². The van der Waals surface area contributed by atoms with Crippen LogP contribution >= 0.6 is 0 Å². The molecule has 0 aliphatic carbocycles. The molecule has 0 aromatic heterocycles. The minimum absolute atomic E-state index is 0.0934. The number of unbranched alkanes of at least 4 members (excludes halogenated alkanes) is 25. The van der Waals surface area contributed by atoms with Gasteiger partial charge in [-0.2, -0.15) is 0 Å². The van der Waals surface area contributed by atoms with E-state index in [0.717, 1.165) is 96.3 Å². The number of carbonyl (C=O) groups is 3. The molecule has 0 aromatic carbocycles. The standard InChI is InChI=1S/C63H106O6/c1-4-7-10-13-16-19-22-25-28-29-30-31-32-33-36-38-41-44-47-50-53-56-62(65)68-59-60(69-63(66)57-54-51-48-45-42-39-35-27-24-21-18-15-12-9-6-3)58-67-61(64)55-52-49-46-43-40-37-34-26-23-20-17-14-11-8-5-2/h9,12,18,21-22,25,27,29-30,32-33,35,42,45,51,54,60H,4-8,10-11,13-17,19-20,23-24,26,28,31,34,36-41,43-44,46-50,52-53,55-59H2,1-3H3/b12-9-,21-18-,25-22-,30-29-,33-32-,35-27-,45-42-,54-51-. The SMILES string of the molecule is CC/C=C\C/C=C\C/C=C\C/C=C\C/C=C\CC(=O)OC(COC(=O)CCCCCCCC/C=C\C/C=C\C/C=C\CCCCCCC)COC(=O)CCCCCCCCCCCCCCCCC. The molecular weight excluding hydrogens is 853 g/mol. The zero-order chi connectivity index (χ0) is 50.0. The van der Waals surface area contributed by atoms with Crippen molar-refractivity contribution in [2.24, 2.45) is 0 Å². The number of esters is 3. The highest BCUT2D eigenvalue weighted by molar-refractivity contribution is 5.72. The van der Waals surface area contributed by atoms with Crippen LogP contribution in [0, 0.1) is 0 Å².